The van der Waals surface area contributed by atoms with E-state index in [2.05, 4.69) is 50.7 Å². The maximum absolute atomic E-state index is 4.46. The van der Waals surface area contributed by atoms with Gasteiger partial charge >= 0.3 is 0 Å². The van der Waals surface area contributed by atoms with Gasteiger partial charge in [0.2, 0.25) is 0 Å². The molecule has 0 atom stereocenters. The Morgan fingerprint density at radius 1 is 1.15 bits per heavy atom. The summed E-state index contributed by atoms with van der Waals surface area (Å²) >= 11 is 0. The van der Waals surface area contributed by atoms with Crippen LogP contribution >= 0.6 is 0 Å². The van der Waals surface area contributed by atoms with Crippen molar-refractivity contribution >= 4 is 0 Å². The van der Waals surface area contributed by atoms with E-state index in [0.29, 0.717) is 5.92 Å². The van der Waals surface area contributed by atoms with Gasteiger partial charge < -0.3 is 4.57 Å². The average Bonchev–Trinajstić information content (AvgIpc) is 3.29. The van der Waals surface area contributed by atoms with Gasteiger partial charge in [-0.05, 0) is 68.6 Å². The molecule has 4 rings (SSSR count). The molecule has 0 N–H and O–H groups in total. The Morgan fingerprint density at radius 3 is 2.62 bits per heavy atom. The molecule has 1 fully saturated rings. The van der Waals surface area contributed by atoms with Crippen LogP contribution in [0.3, 0.4) is 0 Å². The summed E-state index contributed by atoms with van der Waals surface area (Å²) in [6.07, 6.45) is 7.93. The van der Waals surface area contributed by atoms with Crippen LogP contribution in [0.4, 0.5) is 0 Å². The van der Waals surface area contributed by atoms with Crippen LogP contribution in [-0.2, 0) is 13.6 Å². The van der Waals surface area contributed by atoms with Crippen molar-refractivity contribution in [1.29, 1.82) is 0 Å². The van der Waals surface area contributed by atoms with Gasteiger partial charge in [-0.25, -0.2) is 4.68 Å². The fraction of sp³-hybridized carbons (Fsp3) is 0.450. The molecule has 0 unspecified atom stereocenters. The number of aromatic nitrogens is 5. The predicted octanol–water partition coefficient (Wildman–Crippen LogP) is 3.00. The van der Waals surface area contributed by atoms with Crippen LogP contribution in [0, 0.1) is 13.8 Å². The Bertz CT molecular complexity index is 872. The van der Waals surface area contributed by atoms with E-state index < -0.39 is 0 Å². The summed E-state index contributed by atoms with van der Waals surface area (Å²) in [4.78, 5) is 2.55. The second-order valence-corrected chi connectivity index (χ2v) is 7.38. The lowest BCUT2D eigenvalue weighted by atomic mass is 9.95. The Morgan fingerprint density at radius 2 is 1.96 bits per heavy atom. The van der Waals surface area contributed by atoms with Crippen LogP contribution in [0.25, 0.3) is 5.69 Å². The molecule has 0 aliphatic carbocycles. The van der Waals surface area contributed by atoms with E-state index >= 15 is 0 Å². The number of rotatable bonds is 4. The van der Waals surface area contributed by atoms with Crippen LogP contribution in [0.5, 0.6) is 0 Å². The number of aryl methyl sites for hydroxylation is 3. The van der Waals surface area contributed by atoms with Gasteiger partial charge in [0.05, 0.1) is 5.69 Å². The van der Waals surface area contributed by atoms with Crippen LogP contribution in [-0.4, -0.2) is 42.5 Å². The van der Waals surface area contributed by atoms with E-state index in [-0.39, 0.29) is 0 Å². The Balaban J connectivity index is 1.51. The van der Waals surface area contributed by atoms with Crippen molar-refractivity contribution < 1.29 is 0 Å². The van der Waals surface area contributed by atoms with Gasteiger partial charge in [-0.3, -0.25) is 4.90 Å². The summed E-state index contributed by atoms with van der Waals surface area (Å²) in [6.45, 7) is 7.50. The average molecular weight is 350 g/mol. The van der Waals surface area contributed by atoms with Crippen molar-refractivity contribution in [2.45, 2.75) is 39.2 Å². The van der Waals surface area contributed by atoms with Gasteiger partial charge in [-0.1, -0.05) is 6.07 Å². The van der Waals surface area contributed by atoms with E-state index in [4.69, 9.17) is 0 Å². The zero-order chi connectivity index (χ0) is 18.1. The molecule has 1 aliphatic heterocycles. The van der Waals surface area contributed by atoms with E-state index in [9.17, 15) is 0 Å². The SMILES string of the molecule is Cc1cc(C)c(CN2CCC(c3nncn3C)CC2)c(-n2cccn2)c1. The highest BCUT2D eigenvalue weighted by molar-refractivity contribution is 5.48. The summed E-state index contributed by atoms with van der Waals surface area (Å²) < 4.78 is 4.04. The summed E-state index contributed by atoms with van der Waals surface area (Å²) in [6, 6.07) is 6.49. The first-order valence-electron chi connectivity index (χ1n) is 9.28. The lowest BCUT2D eigenvalue weighted by molar-refractivity contribution is 0.200. The standard InChI is InChI=1S/C20H26N6/c1-15-11-16(2)18(19(12-15)26-8-4-7-22-26)13-25-9-5-17(6-10-25)20-23-21-14-24(20)3/h4,7-8,11-12,14,17H,5-6,9-10,13H2,1-3H3. The van der Waals surface area contributed by atoms with Gasteiger partial charge in [-0.15, -0.1) is 10.2 Å². The Kier molecular flexibility index (Phi) is 4.59. The Labute approximate surface area is 154 Å². The topological polar surface area (TPSA) is 51.8 Å². The van der Waals surface area contributed by atoms with E-state index in [1.807, 2.05) is 30.2 Å². The number of piperidine rings is 1. The third kappa shape index (κ3) is 3.29. The molecule has 1 aromatic carbocycles. The van der Waals surface area contributed by atoms with Gasteiger partial charge in [0.15, 0.2) is 0 Å². The lowest BCUT2D eigenvalue weighted by Crippen LogP contribution is -2.33. The summed E-state index contributed by atoms with van der Waals surface area (Å²) in [5, 5.41) is 12.8. The van der Waals surface area contributed by atoms with Crippen LogP contribution in [0.15, 0.2) is 36.9 Å². The summed E-state index contributed by atoms with van der Waals surface area (Å²) in [5.74, 6) is 1.64. The van der Waals surface area contributed by atoms with Gasteiger partial charge in [-0.2, -0.15) is 5.10 Å². The fourth-order valence-corrected chi connectivity index (χ4v) is 4.03. The number of benzene rings is 1. The number of nitrogens with zero attached hydrogens (tertiary/aromatic N) is 6. The minimum atomic E-state index is 0.517. The number of hydrogen-bond acceptors (Lipinski definition) is 4. The van der Waals surface area contributed by atoms with Crippen molar-refractivity contribution in [3.05, 3.63) is 59.4 Å². The molecular weight excluding hydrogens is 324 g/mol. The zero-order valence-electron chi connectivity index (χ0n) is 15.8. The Hall–Kier alpha value is -2.47. The highest BCUT2D eigenvalue weighted by Gasteiger charge is 2.24. The fourth-order valence-electron chi connectivity index (χ4n) is 4.03. The predicted molar refractivity (Wildman–Crippen MR) is 101 cm³/mol. The molecule has 1 saturated heterocycles. The molecular formula is C20H26N6. The third-order valence-corrected chi connectivity index (χ3v) is 5.43. The van der Waals surface area contributed by atoms with E-state index in [1.165, 1.54) is 22.4 Å². The van der Waals surface area contributed by atoms with Gasteiger partial charge in [0.25, 0.3) is 0 Å². The van der Waals surface area contributed by atoms with Crippen molar-refractivity contribution in [3.63, 3.8) is 0 Å². The van der Waals surface area contributed by atoms with Crippen molar-refractivity contribution in [3.8, 4) is 5.69 Å². The largest absolute Gasteiger partial charge is 0.320 e. The van der Waals surface area contributed by atoms with Crippen LogP contribution in [0.1, 0.15) is 41.3 Å². The molecule has 0 saturated carbocycles. The smallest absolute Gasteiger partial charge is 0.135 e. The molecule has 0 bridgehead atoms. The minimum absolute atomic E-state index is 0.517. The first-order chi connectivity index (χ1) is 12.6. The molecule has 0 radical (unpaired) electrons. The minimum Gasteiger partial charge on any atom is -0.320 e. The van der Waals surface area contributed by atoms with Gasteiger partial charge in [0.1, 0.15) is 12.2 Å². The third-order valence-electron chi connectivity index (χ3n) is 5.43. The lowest BCUT2D eigenvalue weighted by Gasteiger charge is -2.32. The molecule has 2 aromatic heterocycles. The summed E-state index contributed by atoms with van der Waals surface area (Å²) in [5.41, 5.74) is 5.18. The first-order valence-corrected chi connectivity index (χ1v) is 9.28. The molecule has 3 heterocycles. The maximum Gasteiger partial charge on any atom is 0.135 e. The normalized spacial score (nSPS) is 16.3. The maximum atomic E-state index is 4.46. The van der Waals surface area contributed by atoms with Crippen molar-refractivity contribution in [2.24, 2.45) is 7.05 Å². The monoisotopic (exact) mass is 350 g/mol. The molecule has 1 aliphatic rings. The molecule has 6 heteroatoms. The number of likely N-dealkylation sites (tertiary alicyclic amines) is 1. The second-order valence-electron chi connectivity index (χ2n) is 7.38. The molecule has 26 heavy (non-hydrogen) atoms. The molecule has 3 aromatic rings. The van der Waals surface area contributed by atoms with Crippen LogP contribution in [0.2, 0.25) is 0 Å². The molecule has 0 spiro atoms. The highest BCUT2D eigenvalue weighted by atomic mass is 15.3. The number of hydrogen-bond donors (Lipinski definition) is 0. The van der Waals surface area contributed by atoms with Gasteiger partial charge in [0, 0.05) is 31.9 Å². The first kappa shape index (κ1) is 17.0. The van der Waals surface area contributed by atoms with Crippen molar-refractivity contribution in [1.82, 2.24) is 29.4 Å². The quantitative estimate of drug-likeness (QED) is 0.726. The van der Waals surface area contributed by atoms with E-state index in [1.54, 1.807) is 6.33 Å². The molecule has 0 amide bonds. The summed E-state index contributed by atoms with van der Waals surface area (Å²) in [7, 11) is 2.04. The van der Waals surface area contributed by atoms with E-state index in [0.717, 1.165) is 38.3 Å². The second kappa shape index (κ2) is 7.03. The highest BCUT2D eigenvalue weighted by Crippen LogP contribution is 2.29. The zero-order valence-corrected chi connectivity index (χ0v) is 15.8. The molecule has 136 valence electrons. The molecule has 6 nitrogen and oxygen atoms in total. The van der Waals surface area contributed by atoms with Crippen molar-refractivity contribution in [2.75, 3.05) is 13.1 Å². The van der Waals surface area contributed by atoms with Crippen LogP contribution < -0.4 is 0 Å².